The Bertz CT molecular complexity index is 295. The van der Waals surface area contributed by atoms with Crippen LogP contribution in [0.4, 0.5) is 0 Å². The lowest BCUT2D eigenvalue weighted by molar-refractivity contribution is 0.223. The fourth-order valence-electron chi connectivity index (χ4n) is 5.05. The minimum absolute atomic E-state index is 1.09. The van der Waals surface area contributed by atoms with Crippen LogP contribution in [0.5, 0.6) is 0 Å². The van der Waals surface area contributed by atoms with Gasteiger partial charge in [-0.2, -0.15) is 0 Å². The van der Waals surface area contributed by atoms with Crippen molar-refractivity contribution < 1.29 is 0 Å². The third-order valence-electron chi connectivity index (χ3n) is 7.54. The van der Waals surface area contributed by atoms with Gasteiger partial charge in [-0.25, -0.2) is 0 Å². The second-order valence-electron chi connectivity index (χ2n) is 9.41. The van der Waals surface area contributed by atoms with Gasteiger partial charge in [0.2, 0.25) is 0 Å². The van der Waals surface area contributed by atoms with Crippen molar-refractivity contribution in [2.75, 3.05) is 0 Å². The fraction of sp³-hybridized carbons (Fsp3) is 1.00. The van der Waals surface area contributed by atoms with Crippen LogP contribution in [0.25, 0.3) is 0 Å². The maximum absolute atomic E-state index is 1.59. The van der Waals surface area contributed by atoms with Crippen LogP contribution in [0.15, 0.2) is 0 Å². The van der Waals surface area contributed by atoms with E-state index < -0.39 is 0 Å². The summed E-state index contributed by atoms with van der Waals surface area (Å²) < 4.78 is 0. The predicted molar refractivity (Wildman–Crippen MR) is 102 cm³/mol. The van der Waals surface area contributed by atoms with Crippen molar-refractivity contribution in [3.63, 3.8) is 0 Å². The second kappa shape index (κ2) is 10.1. The lowest BCUT2D eigenvalue weighted by Crippen LogP contribution is -2.16. The van der Waals surface area contributed by atoms with Crippen LogP contribution >= 0.6 is 0 Å². The van der Waals surface area contributed by atoms with Gasteiger partial charge in [-0.1, -0.05) is 116 Å². The molecule has 3 fully saturated rings. The summed E-state index contributed by atoms with van der Waals surface area (Å²) in [6.07, 6.45) is 29.4. The fourth-order valence-corrected chi connectivity index (χ4v) is 5.05. The van der Waals surface area contributed by atoms with Crippen LogP contribution < -0.4 is 0 Å². The Kier molecular flexibility index (Phi) is 7.82. The Hall–Kier alpha value is 0. The van der Waals surface area contributed by atoms with Crippen molar-refractivity contribution in [2.45, 2.75) is 122 Å². The number of hydrogen-bond acceptors (Lipinski definition) is 0. The molecule has 0 radical (unpaired) electrons. The van der Waals surface area contributed by atoms with Crippen molar-refractivity contribution >= 4 is 0 Å². The molecule has 1 unspecified atom stereocenters. The van der Waals surface area contributed by atoms with E-state index in [0.29, 0.717) is 0 Å². The smallest absolute Gasteiger partial charge is 0.0412 e. The summed E-state index contributed by atoms with van der Waals surface area (Å²) in [5, 5.41) is 0. The Labute approximate surface area is 146 Å². The van der Waals surface area contributed by atoms with Gasteiger partial charge in [0.05, 0.1) is 0 Å². The van der Waals surface area contributed by atoms with E-state index in [1.165, 1.54) is 51.4 Å². The summed E-state index contributed by atoms with van der Waals surface area (Å²) in [6, 6.07) is 0. The van der Waals surface area contributed by atoms with Crippen molar-refractivity contribution in [3.8, 4) is 0 Å². The van der Waals surface area contributed by atoms with E-state index in [0.717, 1.165) is 23.7 Å². The highest BCUT2D eigenvalue weighted by atomic mass is 14.3. The standard InChI is InChI=1S/C23H42/c1(2-9-20-13-6-14-20)3-11-22(19-23-17-8-18-23)12-5-4-10-21-15-7-16-21/h20-23H,1-19H2. The van der Waals surface area contributed by atoms with E-state index in [1.807, 2.05) is 0 Å². The first-order chi connectivity index (χ1) is 11.4. The molecule has 23 heavy (non-hydrogen) atoms. The molecular weight excluding hydrogens is 276 g/mol. The van der Waals surface area contributed by atoms with Gasteiger partial charge in [0.1, 0.15) is 0 Å². The molecule has 0 bridgehead atoms. The molecule has 0 aromatic carbocycles. The summed E-state index contributed by atoms with van der Waals surface area (Å²) >= 11 is 0. The lowest BCUT2D eigenvalue weighted by atomic mass is 9.76. The zero-order chi connectivity index (χ0) is 15.7. The van der Waals surface area contributed by atoms with Gasteiger partial charge in [0.15, 0.2) is 0 Å². The van der Waals surface area contributed by atoms with Crippen LogP contribution in [0.3, 0.4) is 0 Å². The lowest BCUT2D eigenvalue weighted by Gasteiger charge is -2.30. The number of unbranched alkanes of at least 4 members (excludes halogenated alkanes) is 3. The molecule has 0 heterocycles. The van der Waals surface area contributed by atoms with Gasteiger partial charge in [-0.15, -0.1) is 0 Å². The second-order valence-corrected chi connectivity index (χ2v) is 9.41. The summed E-state index contributed by atoms with van der Waals surface area (Å²) in [5.41, 5.74) is 0. The highest BCUT2D eigenvalue weighted by Crippen LogP contribution is 2.37. The Balaban J connectivity index is 1.22. The molecule has 3 rings (SSSR count). The Morgan fingerprint density at radius 2 is 1.00 bits per heavy atom. The summed E-state index contributed by atoms with van der Waals surface area (Å²) in [6.45, 7) is 0. The summed E-state index contributed by atoms with van der Waals surface area (Å²) in [4.78, 5) is 0. The van der Waals surface area contributed by atoms with Gasteiger partial charge in [-0.05, 0) is 30.1 Å². The molecular formula is C23H42. The monoisotopic (exact) mass is 318 g/mol. The quantitative estimate of drug-likeness (QED) is 0.303. The minimum Gasteiger partial charge on any atom is -0.0533 e. The Morgan fingerprint density at radius 3 is 1.48 bits per heavy atom. The largest absolute Gasteiger partial charge is 0.0533 e. The zero-order valence-electron chi connectivity index (χ0n) is 15.7. The van der Waals surface area contributed by atoms with Gasteiger partial charge >= 0.3 is 0 Å². The summed E-state index contributed by atoms with van der Waals surface area (Å²) in [7, 11) is 0. The van der Waals surface area contributed by atoms with E-state index in [-0.39, 0.29) is 0 Å². The van der Waals surface area contributed by atoms with Crippen molar-refractivity contribution in [3.05, 3.63) is 0 Å². The molecule has 0 nitrogen and oxygen atoms in total. The molecule has 1 atom stereocenters. The summed E-state index contributed by atoms with van der Waals surface area (Å²) in [5.74, 6) is 4.48. The first kappa shape index (κ1) is 17.8. The van der Waals surface area contributed by atoms with Crippen LogP contribution in [-0.2, 0) is 0 Å². The van der Waals surface area contributed by atoms with Crippen molar-refractivity contribution in [1.82, 2.24) is 0 Å². The molecule has 0 spiro atoms. The molecule has 0 saturated heterocycles. The molecule has 3 aliphatic carbocycles. The number of hydrogen-bond donors (Lipinski definition) is 0. The highest BCUT2D eigenvalue weighted by molar-refractivity contribution is 4.75. The Morgan fingerprint density at radius 1 is 0.522 bits per heavy atom. The normalized spacial score (nSPS) is 24.0. The van der Waals surface area contributed by atoms with Crippen molar-refractivity contribution in [1.29, 1.82) is 0 Å². The third-order valence-corrected chi connectivity index (χ3v) is 7.54. The van der Waals surface area contributed by atoms with E-state index in [4.69, 9.17) is 0 Å². The van der Waals surface area contributed by atoms with Gasteiger partial charge < -0.3 is 0 Å². The van der Waals surface area contributed by atoms with E-state index in [2.05, 4.69) is 0 Å². The van der Waals surface area contributed by atoms with Gasteiger partial charge in [-0.3, -0.25) is 0 Å². The maximum atomic E-state index is 1.59. The molecule has 0 aliphatic heterocycles. The molecule has 3 saturated carbocycles. The first-order valence-electron chi connectivity index (χ1n) is 11.4. The molecule has 0 N–H and O–H groups in total. The predicted octanol–water partition coefficient (Wildman–Crippen LogP) is 7.90. The molecule has 0 aromatic rings. The zero-order valence-corrected chi connectivity index (χ0v) is 15.7. The average Bonchev–Trinajstić information content (AvgIpc) is 2.41. The van der Waals surface area contributed by atoms with E-state index in [1.54, 1.807) is 70.6 Å². The molecule has 3 aliphatic rings. The maximum Gasteiger partial charge on any atom is -0.0412 e. The molecule has 0 aromatic heterocycles. The topological polar surface area (TPSA) is 0 Å². The van der Waals surface area contributed by atoms with E-state index in [9.17, 15) is 0 Å². The van der Waals surface area contributed by atoms with Crippen LogP contribution in [0.2, 0.25) is 0 Å². The van der Waals surface area contributed by atoms with Crippen LogP contribution in [0.1, 0.15) is 122 Å². The van der Waals surface area contributed by atoms with Crippen molar-refractivity contribution in [2.24, 2.45) is 23.7 Å². The van der Waals surface area contributed by atoms with Crippen LogP contribution in [-0.4, -0.2) is 0 Å². The highest BCUT2D eigenvalue weighted by Gasteiger charge is 2.22. The third kappa shape index (κ3) is 6.43. The molecule has 0 amide bonds. The van der Waals surface area contributed by atoms with Gasteiger partial charge in [0, 0.05) is 0 Å². The SMILES string of the molecule is C(CCC1CCC1)CCC(CCCCC1CCC1)CC1CCC1. The minimum atomic E-state index is 1.09. The molecule has 134 valence electrons. The first-order valence-corrected chi connectivity index (χ1v) is 11.4. The van der Waals surface area contributed by atoms with E-state index >= 15 is 0 Å². The number of rotatable bonds is 13. The van der Waals surface area contributed by atoms with Gasteiger partial charge in [0.25, 0.3) is 0 Å². The average molecular weight is 319 g/mol. The molecule has 0 heteroatoms. The van der Waals surface area contributed by atoms with Crippen LogP contribution in [0, 0.1) is 23.7 Å².